The lowest BCUT2D eigenvalue weighted by atomic mass is 10.0. The SMILES string of the molecule is CN(C)CC(=O)Nc1nc2c(c(N3CCNCC3)n1)CCCc1ccccc1-2. The molecule has 1 aliphatic carbocycles. The van der Waals surface area contributed by atoms with Gasteiger partial charge in [0.2, 0.25) is 11.9 Å². The minimum atomic E-state index is -0.0990. The van der Waals surface area contributed by atoms with Gasteiger partial charge in [0.25, 0.3) is 0 Å². The summed E-state index contributed by atoms with van der Waals surface area (Å²) < 4.78 is 0. The van der Waals surface area contributed by atoms with Crippen molar-refractivity contribution in [3.63, 3.8) is 0 Å². The first kappa shape index (κ1) is 18.8. The fraction of sp³-hybridized carbons (Fsp3) is 0.476. The Morgan fingerprint density at radius 2 is 1.96 bits per heavy atom. The first-order valence-corrected chi connectivity index (χ1v) is 10.0. The smallest absolute Gasteiger partial charge is 0.240 e. The Kier molecular flexibility index (Phi) is 5.54. The Balaban J connectivity index is 1.79. The summed E-state index contributed by atoms with van der Waals surface area (Å²) in [5, 5.41) is 6.31. The fourth-order valence-electron chi connectivity index (χ4n) is 4.00. The van der Waals surface area contributed by atoms with E-state index >= 15 is 0 Å². The monoisotopic (exact) mass is 380 g/mol. The van der Waals surface area contributed by atoms with Crippen LogP contribution >= 0.6 is 0 Å². The maximum Gasteiger partial charge on any atom is 0.240 e. The molecule has 7 heteroatoms. The van der Waals surface area contributed by atoms with Gasteiger partial charge in [-0.05, 0) is 38.9 Å². The molecule has 1 amide bonds. The molecule has 2 aromatic rings. The molecule has 2 N–H and O–H groups in total. The van der Waals surface area contributed by atoms with Crippen LogP contribution in [0.5, 0.6) is 0 Å². The van der Waals surface area contributed by atoms with Crippen molar-refractivity contribution in [2.24, 2.45) is 0 Å². The molecule has 0 saturated carbocycles. The third-order valence-corrected chi connectivity index (χ3v) is 5.26. The molecule has 1 aliphatic heterocycles. The highest BCUT2D eigenvalue weighted by Gasteiger charge is 2.25. The van der Waals surface area contributed by atoms with Gasteiger partial charge in [-0.3, -0.25) is 10.1 Å². The van der Waals surface area contributed by atoms with Crippen molar-refractivity contribution >= 4 is 17.7 Å². The Hall–Kier alpha value is -2.51. The van der Waals surface area contributed by atoms with E-state index in [1.165, 1.54) is 11.1 Å². The first-order chi connectivity index (χ1) is 13.6. The van der Waals surface area contributed by atoms with E-state index in [-0.39, 0.29) is 5.91 Å². The van der Waals surface area contributed by atoms with Gasteiger partial charge in [-0.15, -0.1) is 0 Å². The lowest BCUT2D eigenvalue weighted by Crippen LogP contribution is -2.44. The molecule has 0 bridgehead atoms. The quantitative estimate of drug-likeness (QED) is 0.838. The van der Waals surface area contributed by atoms with Crippen molar-refractivity contribution in [2.75, 3.05) is 57.0 Å². The van der Waals surface area contributed by atoms with E-state index in [0.717, 1.165) is 62.5 Å². The average molecular weight is 380 g/mol. The molecular formula is C21H28N6O. The second kappa shape index (κ2) is 8.24. The van der Waals surface area contributed by atoms with Crippen molar-refractivity contribution in [2.45, 2.75) is 19.3 Å². The van der Waals surface area contributed by atoms with Gasteiger partial charge in [-0.25, -0.2) is 4.98 Å². The average Bonchev–Trinajstić information content (AvgIpc) is 2.87. The van der Waals surface area contributed by atoms with Crippen LogP contribution in [-0.4, -0.2) is 67.6 Å². The Morgan fingerprint density at radius 1 is 1.18 bits per heavy atom. The van der Waals surface area contributed by atoms with E-state index < -0.39 is 0 Å². The van der Waals surface area contributed by atoms with Gasteiger partial charge in [0.1, 0.15) is 5.82 Å². The summed E-state index contributed by atoms with van der Waals surface area (Å²) in [7, 11) is 3.75. The number of nitrogens with one attached hydrogen (secondary N) is 2. The number of likely N-dealkylation sites (N-methyl/N-ethyl adjacent to an activating group) is 1. The number of piperazine rings is 1. The van der Waals surface area contributed by atoms with Crippen molar-refractivity contribution in [3.05, 3.63) is 35.4 Å². The molecule has 2 heterocycles. The number of benzene rings is 1. The zero-order valence-electron chi connectivity index (χ0n) is 16.7. The predicted octanol–water partition coefficient (Wildman–Crippen LogP) is 1.54. The summed E-state index contributed by atoms with van der Waals surface area (Å²) >= 11 is 0. The summed E-state index contributed by atoms with van der Waals surface area (Å²) in [6, 6.07) is 8.47. The zero-order chi connectivity index (χ0) is 19.5. The zero-order valence-corrected chi connectivity index (χ0v) is 16.7. The molecule has 0 unspecified atom stereocenters. The van der Waals surface area contributed by atoms with E-state index in [1.807, 2.05) is 19.0 Å². The lowest BCUT2D eigenvalue weighted by molar-refractivity contribution is -0.116. The molecule has 1 aromatic carbocycles. The normalized spacial score (nSPS) is 16.3. The Morgan fingerprint density at radius 3 is 2.75 bits per heavy atom. The number of anilines is 2. The van der Waals surface area contributed by atoms with Crippen LogP contribution in [0.15, 0.2) is 24.3 Å². The lowest BCUT2D eigenvalue weighted by Gasteiger charge is -2.31. The van der Waals surface area contributed by atoms with Crippen LogP contribution in [0.2, 0.25) is 0 Å². The Labute approximate surface area is 166 Å². The third kappa shape index (κ3) is 4.00. The highest BCUT2D eigenvalue weighted by molar-refractivity contribution is 5.91. The number of aromatic nitrogens is 2. The standard InChI is InChI=1S/C21H28N6O/c1-26(2)14-18(28)23-21-24-19-16-8-4-3-6-15(16)7-5-9-17(19)20(25-21)27-12-10-22-11-13-27/h3-4,6,8,22H,5,7,9-14H2,1-2H3,(H,23,24,25,28). The summed E-state index contributed by atoms with van der Waals surface area (Å²) in [4.78, 5) is 26.1. The highest BCUT2D eigenvalue weighted by atomic mass is 16.2. The molecule has 1 saturated heterocycles. The molecule has 28 heavy (non-hydrogen) atoms. The van der Waals surface area contributed by atoms with Crippen LogP contribution in [0.25, 0.3) is 11.3 Å². The van der Waals surface area contributed by atoms with Gasteiger partial charge in [-0.1, -0.05) is 24.3 Å². The summed E-state index contributed by atoms with van der Waals surface area (Å²) in [6.45, 7) is 4.02. The second-order valence-corrected chi connectivity index (χ2v) is 7.73. The van der Waals surface area contributed by atoms with Crippen LogP contribution < -0.4 is 15.5 Å². The summed E-state index contributed by atoms with van der Waals surface area (Å²) in [5.74, 6) is 1.28. The molecule has 1 aromatic heterocycles. The highest BCUT2D eigenvalue weighted by Crippen LogP contribution is 2.36. The number of carbonyl (C=O) groups excluding carboxylic acids is 1. The number of nitrogens with zero attached hydrogens (tertiary/aromatic N) is 4. The van der Waals surface area contributed by atoms with E-state index in [2.05, 4.69) is 39.8 Å². The number of hydrogen-bond donors (Lipinski definition) is 2. The number of amides is 1. The molecule has 0 atom stereocenters. The number of hydrogen-bond acceptors (Lipinski definition) is 6. The van der Waals surface area contributed by atoms with Crippen molar-refractivity contribution in [1.29, 1.82) is 0 Å². The maximum absolute atomic E-state index is 12.3. The van der Waals surface area contributed by atoms with E-state index in [1.54, 1.807) is 0 Å². The molecule has 148 valence electrons. The number of aryl methyl sites for hydroxylation is 1. The van der Waals surface area contributed by atoms with Gasteiger partial charge in [0, 0.05) is 37.3 Å². The Bertz CT molecular complexity index is 860. The van der Waals surface area contributed by atoms with Gasteiger partial charge >= 0.3 is 0 Å². The van der Waals surface area contributed by atoms with Crippen LogP contribution in [0, 0.1) is 0 Å². The molecular weight excluding hydrogens is 352 g/mol. The number of fused-ring (bicyclic) bond motifs is 3. The van der Waals surface area contributed by atoms with Crippen LogP contribution in [0.1, 0.15) is 17.5 Å². The predicted molar refractivity (Wildman–Crippen MR) is 112 cm³/mol. The second-order valence-electron chi connectivity index (χ2n) is 7.73. The first-order valence-electron chi connectivity index (χ1n) is 10.0. The fourth-order valence-corrected chi connectivity index (χ4v) is 4.00. The summed E-state index contributed by atoms with van der Waals surface area (Å²) in [5.41, 5.74) is 4.66. The largest absolute Gasteiger partial charge is 0.354 e. The van der Waals surface area contributed by atoms with Gasteiger partial charge in [0.15, 0.2) is 0 Å². The topological polar surface area (TPSA) is 73.4 Å². The van der Waals surface area contributed by atoms with Gasteiger partial charge in [0.05, 0.1) is 12.2 Å². The molecule has 4 rings (SSSR count). The maximum atomic E-state index is 12.3. The molecule has 0 spiro atoms. The minimum absolute atomic E-state index is 0.0990. The molecule has 2 aliphatic rings. The van der Waals surface area contributed by atoms with Crippen molar-refractivity contribution in [1.82, 2.24) is 20.2 Å². The summed E-state index contributed by atoms with van der Waals surface area (Å²) in [6.07, 6.45) is 3.07. The molecule has 0 radical (unpaired) electrons. The van der Waals surface area contributed by atoms with Crippen LogP contribution in [-0.2, 0) is 17.6 Å². The van der Waals surface area contributed by atoms with Gasteiger partial charge < -0.3 is 15.1 Å². The van der Waals surface area contributed by atoms with E-state index in [9.17, 15) is 4.79 Å². The van der Waals surface area contributed by atoms with Crippen LogP contribution in [0.4, 0.5) is 11.8 Å². The minimum Gasteiger partial charge on any atom is -0.354 e. The van der Waals surface area contributed by atoms with Crippen LogP contribution in [0.3, 0.4) is 0 Å². The number of carbonyl (C=O) groups is 1. The number of rotatable bonds is 4. The molecule has 1 fully saturated rings. The third-order valence-electron chi connectivity index (χ3n) is 5.26. The van der Waals surface area contributed by atoms with Gasteiger partial charge in [-0.2, -0.15) is 4.98 Å². The van der Waals surface area contributed by atoms with E-state index in [4.69, 9.17) is 9.97 Å². The van der Waals surface area contributed by atoms with Crippen molar-refractivity contribution in [3.8, 4) is 11.3 Å². The van der Waals surface area contributed by atoms with E-state index in [0.29, 0.717) is 12.5 Å². The molecule has 7 nitrogen and oxygen atoms in total. The van der Waals surface area contributed by atoms with Crippen molar-refractivity contribution < 1.29 is 4.79 Å².